The minimum absolute atomic E-state index is 0.134. The number of hydrogen-bond donors (Lipinski definition) is 4. The third-order valence-corrected chi connectivity index (χ3v) is 3.33. The van der Waals surface area contributed by atoms with Crippen molar-refractivity contribution in [3.63, 3.8) is 0 Å². The summed E-state index contributed by atoms with van der Waals surface area (Å²) in [4.78, 5) is 0. The van der Waals surface area contributed by atoms with Gasteiger partial charge >= 0.3 is 0 Å². The number of aliphatic hydroxyl groups is 1. The molecule has 16 heavy (non-hydrogen) atoms. The molecule has 2 rings (SSSR count). The monoisotopic (exact) mass is 223 g/mol. The van der Waals surface area contributed by atoms with E-state index in [0.717, 1.165) is 29.7 Å². The van der Waals surface area contributed by atoms with Crippen LogP contribution in [0.2, 0.25) is 0 Å². The average Bonchev–Trinajstić information content (AvgIpc) is 2.79. The Kier molecular flexibility index (Phi) is 3.43. The van der Waals surface area contributed by atoms with E-state index in [9.17, 15) is 5.11 Å². The number of hydrogen-bond acceptors (Lipinski definition) is 3. The zero-order chi connectivity index (χ0) is 11.4. The highest BCUT2D eigenvalue weighted by molar-refractivity contribution is 5.50. The molecule has 0 saturated heterocycles. The Bertz CT molecular complexity index is 331. The van der Waals surface area contributed by atoms with Gasteiger partial charge < -0.3 is 10.4 Å². The molecule has 0 radical (unpaired) electrons. The molecule has 0 atom stereocenters. The van der Waals surface area contributed by atoms with E-state index in [4.69, 9.17) is 5.21 Å². The summed E-state index contributed by atoms with van der Waals surface area (Å²) in [7, 11) is 0. The van der Waals surface area contributed by atoms with Gasteiger partial charge in [-0.1, -0.05) is 12.8 Å². The normalized spacial score (nSPS) is 18.6. The van der Waals surface area contributed by atoms with Crippen LogP contribution >= 0.6 is 0 Å². The standard InChI is InChI=1S/C12H18N2O2/c15-9-12(7-1-2-8-12)13-10-3-5-11(14-16)6-4-10/h3-6,13-16H,1-2,7-9H2/p+1. The number of quaternary nitrogens is 1. The molecule has 0 amide bonds. The highest BCUT2D eigenvalue weighted by atomic mass is 16.5. The molecule has 1 aliphatic rings. The van der Waals surface area contributed by atoms with Crippen molar-refractivity contribution in [2.24, 2.45) is 0 Å². The van der Waals surface area contributed by atoms with Gasteiger partial charge in [0.2, 0.25) is 0 Å². The highest BCUT2D eigenvalue weighted by Gasteiger charge is 2.32. The van der Waals surface area contributed by atoms with Crippen molar-refractivity contribution in [3.05, 3.63) is 24.3 Å². The first-order chi connectivity index (χ1) is 7.78. The zero-order valence-corrected chi connectivity index (χ0v) is 9.32. The van der Waals surface area contributed by atoms with Crippen LogP contribution in [0.3, 0.4) is 0 Å². The van der Waals surface area contributed by atoms with E-state index >= 15 is 0 Å². The van der Waals surface area contributed by atoms with Crippen LogP contribution in [0.4, 0.5) is 11.4 Å². The molecule has 1 saturated carbocycles. The number of anilines is 1. The predicted octanol–water partition coefficient (Wildman–Crippen LogP) is 0.988. The van der Waals surface area contributed by atoms with Gasteiger partial charge in [0.15, 0.2) is 5.69 Å². The van der Waals surface area contributed by atoms with Crippen LogP contribution in [0.1, 0.15) is 25.7 Å². The lowest BCUT2D eigenvalue weighted by Crippen LogP contribution is -2.73. The molecular weight excluding hydrogens is 204 g/mol. The second kappa shape index (κ2) is 4.82. The summed E-state index contributed by atoms with van der Waals surface area (Å²) >= 11 is 0. The van der Waals surface area contributed by atoms with Crippen molar-refractivity contribution >= 4 is 11.4 Å². The van der Waals surface area contributed by atoms with Crippen molar-refractivity contribution in [3.8, 4) is 0 Å². The summed E-state index contributed by atoms with van der Waals surface area (Å²) in [5, 5.41) is 21.7. The number of rotatable bonds is 4. The summed E-state index contributed by atoms with van der Waals surface area (Å²) < 4.78 is 0. The summed E-state index contributed by atoms with van der Waals surface area (Å²) in [5.74, 6) is 0. The number of nitrogens with two attached hydrogens (primary N) is 1. The molecule has 5 N–H and O–H groups in total. The van der Waals surface area contributed by atoms with E-state index < -0.39 is 0 Å². The van der Waals surface area contributed by atoms with Crippen LogP contribution in [0.25, 0.3) is 0 Å². The maximum atomic E-state index is 9.47. The molecule has 0 aliphatic heterocycles. The third kappa shape index (κ3) is 2.35. The Morgan fingerprint density at radius 2 is 1.81 bits per heavy atom. The lowest BCUT2D eigenvalue weighted by atomic mass is 9.98. The van der Waals surface area contributed by atoms with Gasteiger partial charge in [-0.05, 0) is 25.0 Å². The molecule has 4 heteroatoms. The summed E-state index contributed by atoms with van der Waals surface area (Å²) in [6.45, 7) is 0.181. The van der Waals surface area contributed by atoms with Crippen molar-refractivity contribution in [2.75, 3.05) is 11.9 Å². The van der Waals surface area contributed by atoms with Crippen molar-refractivity contribution in [1.29, 1.82) is 0 Å². The predicted molar refractivity (Wildman–Crippen MR) is 61.7 cm³/mol. The van der Waals surface area contributed by atoms with Gasteiger partial charge in [-0.25, -0.2) is 5.21 Å². The summed E-state index contributed by atoms with van der Waals surface area (Å²) in [5.41, 5.74) is 2.74. The van der Waals surface area contributed by atoms with Gasteiger partial charge in [-0.2, -0.15) is 5.48 Å². The van der Waals surface area contributed by atoms with Crippen LogP contribution in [0.5, 0.6) is 0 Å². The minimum atomic E-state index is -0.134. The molecule has 4 nitrogen and oxygen atoms in total. The van der Waals surface area contributed by atoms with Crippen molar-refractivity contribution < 1.29 is 15.8 Å². The first-order valence-electron chi connectivity index (χ1n) is 5.75. The number of benzene rings is 1. The van der Waals surface area contributed by atoms with E-state index in [-0.39, 0.29) is 12.1 Å². The van der Waals surface area contributed by atoms with Crippen LogP contribution in [0.15, 0.2) is 24.3 Å². The molecule has 0 aromatic heterocycles. The Hall–Kier alpha value is -1.10. The van der Waals surface area contributed by atoms with Crippen LogP contribution in [-0.2, 0) is 0 Å². The third-order valence-electron chi connectivity index (χ3n) is 3.33. The molecule has 1 aromatic rings. The Morgan fingerprint density at radius 3 is 2.31 bits per heavy atom. The van der Waals surface area contributed by atoms with E-state index in [2.05, 4.69) is 5.32 Å². The van der Waals surface area contributed by atoms with Crippen LogP contribution in [-0.4, -0.2) is 22.5 Å². The maximum Gasteiger partial charge on any atom is 0.161 e. The van der Waals surface area contributed by atoms with E-state index in [1.807, 2.05) is 24.3 Å². The second-order valence-electron chi connectivity index (χ2n) is 4.52. The first-order valence-corrected chi connectivity index (χ1v) is 5.75. The summed E-state index contributed by atoms with van der Waals surface area (Å²) in [6.07, 6.45) is 4.40. The van der Waals surface area contributed by atoms with E-state index in [1.54, 1.807) is 0 Å². The highest BCUT2D eigenvalue weighted by Crippen LogP contribution is 2.32. The van der Waals surface area contributed by atoms with Crippen LogP contribution in [0, 0.1) is 0 Å². The molecule has 0 bridgehead atoms. The molecule has 0 heterocycles. The minimum Gasteiger partial charge on any atom is -0.394 e. The van der Waals surface area contributed by atoms with Gasteiger partial charge in [-0.3, -0.25) is 0 Å². The maximum absolute atomic E-state index is 9.47. The second-order valence-corrected chi connectivity index (χ2v) is 4.52. The Balaban J connectivity index is 2.07. The number of aliphatic hydroxyl groups excluding tert-OH is 1. The van der Waals surface area contributed by atoms with Crippen LogP contribution < -0.4 is 10.8 Å². The Morgan fingerprint density at radius 1 is 1.19 bits per heavy atom. The van der Waals surface area contributed by atoms with Gasteiger partial charge in [0.25, 0.3) is 0 Å². The molecule has 0 unspecified atom stereocenters. The fourth-order valence-electron chi connectivity index (χ4n) is 2.33. The fraction of sp³-hybridized carbons (Fsp3) is 0.500. The Labute approximate surface area is 95.3 Å². The quantitative estimate of drug-likeness (QED) is 0.454. The molecular formula is C12H19N2O2+. The average molecular weight is 223 g/mol. The first kappa shape index (κ1) is 11.4. The topological polar surface area (TPSA) is 69.1 Å². The number of nitrogens with one attached hydrogen (secondary N) is 1. The molecule has 1 fully saturated rings. The molecule has 0 spiro atoms. The lowest BCUT2D eigenvalue weighted by Gasteiger charge is -2.29. The zero-order valence-electron chi connectivity index (χ0n) is 9.32. The largest absolute Gasteiger partial charge is 0.394 e. The fourth-order valence-corrected chi connectivity index (χ4v) is 2.33. The SMILES string of the molecule is OCC1(Nc2ccc([NH2+]O)cc2)CCCC1. The van der Waals surface area contributed by atoms with Gasteiger partial charge in [0, 0.05) is 17.8 Å². The molecule has 1 aliphatic carbocycles. The lowest BCUT2D eigenvalue weighted by molar-refractivity contribution is -0.825. The van der Waals surface area contributed by atoms with Gasteiger partial charge in [0.1, 0.15) is 0 Å². The van der Waals surface area contributed by atoms with Gasteiger partial charge in [-0.15, -0.1) is 0 Å². The van der Waals surface area contributed by atoms with Crippen molar-refractivity contribution in [2.45, 2.75) is 31.2 Å². The molecule has 1 aromatic carbocycles. The van der Waals surface area contributed by atoms with Crippen molar-refractivity contribution in [1.82, 2.24) is 0 Å². The summed E-state index contributed by atoms with van der Waals surface area (Å²) in [6, 6.07) is 7.56. The molecule has 88 valence electrons. The smallest absolute Gasteiger partial charge is 0.161 e. The van der Waals surface area contributed by atoms with E-state index in [1.165, 1.54) is 12.8 Å². The van der Waals surface area contributed by atoms with E-state index in [0.29, 0.717) is 0 Å². The van der Waals surface area contributed by atoms with Gasteiger partial charge in [0.05, 0.1) is 12.1 Å².